The van der Waals surface area contributed by atoms with Crippen LogP contribution in [0.5, 0.6) is 0 Å². The van der Waals surface area contributed by atoms with Crippen molar-refractivity contribution >= 4 is 23.6 Å². The number of hydrogen-bond acceptors (Lipinski definition) is 5. The quantitative estimate of drug-likeness (QED) is 0.454. The van der Waals surface area contributed by atoms with Gasteiger partial charge in [-0.1, -0.05) is 13.8 Å². The highest BCUT2D eigenvalue weighted by molar-refractivity contribution is 5.86. The molecule has 0 spiro atoms. The zero-order valence-corrected chi connectivity index (χ0v) is 12.3. The van der Waals surface area contributed by atoms with Crippen LogP contribution in [0.2, 0.25) is 0 Å². The van der Waals surface area contributed by atoms with Gasteiger partial charge >= 0.3 is 0 Å². The second-order valence-corrected chi connectivity index (χ2v) is 5.16. The van der Waals surface area contributed by atoms with Crippen LogP contribution in [-0.2, 0) is 4.79 Å². The van der Waals surface area contributed by atoms with Crippen LogP contribution >= 0.6 is 0 Å². The molecule has 1 amide bonds. The first-order chi connectivity index (χ1) is 9.85. The Morgan fingerprint density at radius 2 is 2.05 bits per heavy atom. The minimum Gasteiger partial charge on any atom is -0.368 e. The molecule has 0 aliphatic rings. The Morgan fingerprint density at radius 3 is 2.57 bits per heavy atom. The zero-order valence-electron chi connectivity index (χ0n) is 12.3. The lowest BCUT2D eigenvalue weighted by atomic mass is 10.1. The van der Waals surface area contributed by atoms with Crippen molar-refractivity contribution in [1.82, 2.24) is 5.32 Å². The summed E-state index contributed by atoms with van der Waals surface area (Å²) in [6, 6.07) is 3.44. The van der Waals surface area contributed by atoms with E-state index >= 15 is 0 Å². The largest absolute Gasteiger partial charge is 0.368 e. The number of amides is 1. The first-order valence-corrected chi connectivity index (χ1v) is 6.63. The van der Waals surface area contributed by atoms with Crippen LogP contribution in [0.4, 0.5) is 11.4 Å². The summed E-state index contributed by atoms with van der Waals surface area (Å²) in [5.74, 6) is 0.0832. The molecule has 0 aliphatic heterocycles. The summed E-state index contributed by atoms with van der Waals surface area (Å²) in [6.07, 6.45) is 0.537. The molecule has 1 unspecified atom stereocenters. The van der Waals surface area contributed by atoms with Gasteiger partial charge in [0.05, 0.1) is 4.92 Å². The molecule has 1 aromatic carbocycles. The summed E-state index contributed by atoms with van der Waals surface area (Å²) in [4.78, 5) is 32.9. The van der Waals surface area contributed by atoms with E-state index < -0.39 is 11.0 Å². The van der Waals surface area contributed by atoms with Crippen LogP contribution in [0.1, 0.15) is 31.1 Å². The van der Waals surface area contributed by atoms with Gasteiger partial charge in [-0.25, -0.2) is 0 Å². The van der Waals surface area contributed by atoms with E-state index in [4.69, 9.17) is 0 Å². The van der Waals surface area contributed by atoms with E-state index in [-0.39, 0.29) is 22.8 Å². The van der Waals surface area contributed by atoms with E-state index in [1.165, 1.54) is 18.2 Å². The van der Waals surface area contributed by atoms with Crippen molar-refractivity contribution in [2.45, 2.75) is 26.8 Å². The minimum absolute atomic E-state index is 0.206. The Hall–Kier alpha value is -2.44. The van der Waals surface area contributed by atoms with Gasteiger partial charge in [0.2, 0.25) is 5.91 Å². The van der Waals surface area contributed by atoms with Crippen LogP contribution < -0.4 is 10.6 Å². The monoisotopic (exact) mass is 293 g/mol. The van der Waals surface area contributed by atoms with Gasteiger partial charge < -0.3 is 10.6 Å². The van der Waals surface area contributed by atoms with Crippen molar-refractivity contribution in [3.8, 4) is 0 Å². The van der Waals surface area contributed by atoms with Crippen molar-refractivity contribution in [3.63, 3.8) is 0 Å². The summed E-state index contributed by atoms with van der Waals surface area (Å²) in [5, 5.41) is 16.5. The molecule has 1 rings (SSSR count). The van der Waals surface area contributed by atoms with Crippen molar-refractivity contribution in [1.29, 1.82) is 0 Å². The maximum absolute atomic E-state index is 11.9. The summed E-state index contributed by atoms with van der Waals surface area (Å²) < 4.78 is 0. The molecule has 7 heteroatoms. The van der Waals surface area contributed by atoms with Gasteiger partial charge in [-0.15, -0.1) is 0 Å². The Kier molecular flexibility index (Phi) is 5.83. The highest BCUT2D eigenvalue weighted by atomic mass is 16.6. The number of carbonyl (C=O) groups is 2. The fourth-order valence-corrected chi connectivity index (χ4v) is 1.65. The molecular weight excluding hydrogens is 274 g/mol. The molecule has 7 nitrogen and oxygen atoms in total. The fourth-order valence-electron chi connectivity index (χ4n) is 1.65. The molecule has 0 bridgehead atoms. The topological polar surface area (TPSA) is 101 Å². The third kappa shape index (κ3) is 4.87. The Balaban J connectivity index is 2.84. The lowest BCUT2D eigenvalue weighted by molar-refractivity contribution is -0.384. The molecule has 114 valence electrons. The maximum Gasteiger partial charge on any atom is 0.293 e. The maximum atomic E-state index is 11.9. The molecule has 0 saturated heterocycles. The molecule has 21 heavy (non-hydrogen) atoms. The van der Waals surface area contributed by atoms with Crippen molar-refractivity contribution in [2.75, 3.05) is 11.9 Å². The molecular formula is C14H19N3O4. The van der Waals surface area contributed by atoms with Crippen molar-refractivity contribution in [3.05, 3.63) is 33.9 Å². The van der Waals surface area contributed by atoms with Gasteiger partial charge in [0.1, 0.15) is 18.0 Å². The zero-order chi connectivity index (χ0) is 16.0. The fraction of sp³-hybridized carbons (Fsp3) is 0.429. The SMILES string of the molecule is CC(C)CNC(=O)C(C)Nc1ccc(C=O)cc1[N+](=O)[O-]. The number of nitrogens with zero attached hydrogens (tertiary/aromatic N) is 1. The van der Waals surface area contributed by atoms with Crippen LogP contribution in [0.3, 0.4) is 0 Å². The predicted molar refractivity (Wildman–Crippen MR) is 79.4 cm³/mol. The number of nitro benzene ring substituents is 1. The second kappa shape index (κ2) is 7.37. The Bertz CT molecular complexity index is 543. The number of nitro groups is 1. The molecule has 1 aromatic rings. The molecule has 0 fully saturated rings. The average Bonchev–Trinajstić information content (AvgIpc) is 2.44. The summed E-state index contributed by atoms with van der Waals surface area (Å²) in [5.41, 5.74) is 0.185. The van der Waals surface area contributed by atoms with Gasteiger partial charge in [0, 0.05) is 18.2 Å². The normalized spacial score (nSPS) is 11.8. The van der Waals surface area contributed by atoms with E-state index in [0.29, 0.717) is 18.7 Å². The number of benzene rings is 1. The molecule has 1 atom stereocenters. The Labute approximate surface area is 122 Å². The molecule has 0 heterocycles. The van der Waals surface area contributed by atoms with Gasteiger partial charge in [-0.05, 0) is 25.0 Å². The lowest BCUT2D eigenvalue weighted by Gasteiger charge is -2.16. The minimum atomic E-state index is -0.621. The van der Waals surface area contributed by atoms with Gasteiger partial charge in [-0.2, -0.15) is 0 Å². The second-order valence-electron chi connectivity index (χ2n) is 5.16. The average molecular weight is 293 g/mol. The first-order valence-electron chi connectivity index (χ1n) is 6.63. The van der Waals surface area contributed by atoms with E-state index in [2.05, 4.69) is 10.6 Å². The van der Waals surface area contributed by atoms with E-state index in [0.717, 1.165) is 0 Å². The number of hydrogen-bond donors (Lipinski definition) is 2. The predicted octanol–water partition coefficient (Wildman–Crippen LogP) is 1.98. The molecule has 0 saturated carbocycles. The van der Waals surface area contributed by atoms with E-state index in [1.807, 2.05) is 13.8 Å². The highest BCUT2D eigenvalue weighted by Crippen LogP contribution is 2.25. The molecule has 0 radical (unpaired) electrons. The summed E-state index contributed by atoms with van der Waals surface area (Å²) >= 11 is 0. The van der Waals surface area contributed by atoms with Crippen molar-refractivity contribution < 1.29 is 14.5 Å². The van der Waals surface area contributed by atoms with Crippen LogP contribution in [-0.4, -0.2) is 29.7 Å². The van der Waals surface area contributed by atoms with Gasteiger partial charge in [0.25, 0.3) is 5.69 Å². The van der Waals surface area contributed by atoms with Crippen LogP contribution in [0.15, 0.2) is 18.2 Å². The summed E-state index contributed by atoms with van der Waals surface area (Å²) in [7, 11) is 0. The lowest BCUT2D eigenvalue weighted by Crippen LogP contribution is -2.39. The van der Waals surface area contributed by atoms with Gasteiger partial charge in [0.15, 0.2) is 0 Å². The molecule has 2 N–H and O–H groups in total. The van der Waals surface area contributed by atoms with E-state index in [9.17, 15) is 19.7 Å². The van der Waals surface area contributed by atoms with Gasteiger partial charge in [-0.3, -0.25) is 19.7 Å². The number of rotatable bonds is 7. The standard InChI is InChI=1S/C14H19N3O4/c1-9(2)7-15-14(19)10(3)16-12-5-4-11(8-18)6-13(12)17(20)21/h4-6,8-10,16H,7H2,1-3H3,(H,15,19). The molecule has 0 aliphatic carbocycles. The third-order valence-corrected chi connectivity index (χ3v) is 2.80. The summed E-state index contributed by atoms with van der Waals surface area (Å²) in [6.45, 7) is 6.10. The molecule has 0 aromatic heterocycles. The number of anilines is 1. The Morgan fingerprint density at radius 1 is 1.38 bits per heavy atom. The van der Waals surface area contributed by atoms with Crippen LogP contribution in [0.25, 0.3) is 0 Å². The number of carbonyl (C=O) groups excluding carboxylic acids is 2. The van der Waals surface area contributed by atoms with Crippen LogP contribution in [0, 0.1) is 16.0 Å². The smallest absolute Gasteiger partial charge is 0.293 e. The van der Waals surface area contributed by atoms with E-state index in [1.54, 1.807) is 6.92 Å². The highest BCUT2D eigenvalue weighted by Gasteiger charge is 2.19. The van der Waals surface area contributed by atoms with Crippen molar-refractivity contribution in [2.24, 2.45) is 5.92 Å². The first kappa shape index (κ1) is 16.6. The number of nitrogens with one attached hydrogen (secondary N) is 2. The number of aldehydes is 1. The third-order valence-electron chi connectivity index (χ3n) is 2.80.